The maximum Gasteiger partial charge on any atom is 0.161 e. The van der Waals surface area contributed by atoms with Crippen molar-refractivity contribution < 1.29 is 14.6 Å². The third-order valence-electron chi connectivity index (χ3n) is 3.04. The molecule has 1 aromatic rings. The Morgan fingerprint density at radius 3 is 2.38 bits per heavy atom. The largest absolute Gasteiger partial charge is 0.490 e. The molecule has 0 aromatic heterocycles. The maximum atomic E-state index is 10.2. The molecule has 1 rings (SSSR count). The summed E-state index contributed by atoms with van der Waals surface area (Å²) in [7, 11) is 0. The molecule has 21 heavy (non-hydrogen) atoms. The lowest BCUT2D eigenvalue weighted by Crippen LogP contribution is -2.40. The monoisotopic (exact) mass is 295 g/mol. The Balaban J connectivity index is 2.28. The van der Waals surface area contributed by atoms with Crippen LogP contribution >= 0.6 is 0 Å². The van der Waals surface area contributed by atoms with Crippen molar-refractivity contribution in [3.63, 3.8) is 0 Å². The van der Waals surface area contributed by atoms with Crippen molar-refractivity contribution in [3.05, 3.63) is 24.3 Å². The van der Waals surface area contributed by atoms with Gasteiger partial charge in [0, 0.05) is 13.1 Å². The lowest BCUT2D eigenvalue weighted by molar-refractivity contribution is 0.0380. The van der Waals surface area contributed by atoms with E-state index in [9.17, 15) is 5.11 Å². The summed E-state index contributed by atoms with van der Waals surface area (Å²) < 4.78 is 11.2. The minimum Gasteiger partial charge on any atom is -0.490 e. The van der Waals surface area contributed by atoms with Crippen LogP contribution in [0.3, 0.4) is 0 Å². The summed E-state index contributed by atoms with van der Waals surface area (Å²) in [5.74, 6) is 2.01. The molecule has 0 heterocycles. The van der Waals surface area contributed by atoms with Gasteiger partial charge in [-0.3, -0.25) is 0 Å². The Hall–Kier alpha value is -1.26. The second-order valence-corrected chi connectivity index (χ2v) is 6.00. The van der Waals surface area contributed by atoms with Gasteiger partial charge in [0.1, 0.15) is 6.61 Å². The molecule has 1 aromatic carbocycles. The average molecular weight is 295 g/mol. The molecule has 0 radical (unpaired) electrons. The van der Waals surface area contributed by atoms with E-state index in [4.69, 9.17) is 9.47 Å². The highest BCUT2D eigenvalue weighted by atomic mass is 16.5. The van der Waals surface area contributed by atoms with Gasteiger partial charge in [0.05, 0.1) is 12.2 Å². The Morgan fingerprint density at radius 2 is 1.81 bits per heavy atom. The zero-order valence-electron chi connectivity index (χ0n) is 13.7. The van der Waals surface area contributed by atoms with Crippen molar-refractivity contribution in [1.29, 1.82) is 0 Å². The smallest absolute Gasteiger partial charge is 0.161 e. The molecule has 0 saturated heterocycles. The van der Waals surface area contributed by atoms with E-state index in [1.54, 1.807) is 0 Å². The second-order valence-electron chi connectivity index (χ2n) is 6.00. The Kier molecular flexibility index (Phi) is 7.54. The van der Waals surface area contributed by atoms with Crippen molar-refractivity contribution >= 4 is 0 Å². The van der Waals surface area contributed by atoms with Crippen LogP contribution in [0, 0.1) is 5.92 Å². The van der Waals surface area contributed by atoms with Gasteiger partial charge in [0.15, 0.2) is 11.5 Å². The molecule has 4 heteroatoms. The fourth-order valence-electron chi connectivity index (χ4n) is 2.39. The van der Waals surface area contributed by atoms with Crippen LogP contribution < -0.4 is 14.8 Å². The van der Waals surface area contributed by atoms with E-state index in [0.717, 1.165) is 17.9 Å². The van der Waals surface area contributed by atoms with E-state index in [2.05, 4.69) is 19.2 Å². The third kappa shape index (κ3) is 7.34. The highest BCUT2D eigenvalue weighted by molar-refractivity contribution is 5.39. The minimum absolute atomic E-state index is 0.483. The van der Waals surface area contributed by atoms with Crippen LogP contribution in [0.25, 0.3) is 0 Å². The predicted octanol–water partition coefficient (Wildman–Crippen LogP) is 2.85. The first kappa shape index (κ1) is 17.8. The number of hydrogen-bond acceptors (Lipinski definition) is 4. The number of rotatable bonds is 10. The third-order valence-corrected chi connectivity index (χ3v) is 3.04. The van der Waals surface area contributed by atoms with Crippen molar-refractivity contribution in [2.45, 2.75) is 39.7 Å². The molecule has 120 valence electrons. The van der Waals surface area contributed by atoms with Crippen LogP contribution in [0.1, 0.15) is 34.1 Å². The van der Waals surface area contributed by atoms with Crippen LogP contribution in [0.5, 0.6) is 11.5 Å². The number of benzene rings is 1. The van der Waals surface area contributed by atoms with Crippen molar-refractivity contribution in [1.82, 2.24) is 5.32 Å². The SMILES string of the molecule is CCOc1ccccc1OCCNCC(C)(O)CC(C)C. The van der Waals surface area contributed by atoms with Crippen LogP contribution in [-0.2, 0) is 0 Å². The number of ether oxygens (including phenoxy) is 2. The predicted molar refractivity (Wildman–Crippen MR) is 86.1 cm³/mol. The van der Waals surface area contributed by atoms with Crippen LogP contribution in [0.15, 0.2) is 24.3 Å². The highest BCUT2D eigenvalue weighted by Gasteiger charge is 2.20. The summed E-state index contributed by atoms with van der Waals surface area (Å²) in [5.41, 5.74) is -0.669. The second kappa shape index (κ2) is 8.90. The van der Waals surface area contributed by atoms with Crippen LogP contribution in [0.4, 0.5) is 0 Å². The Labute approximate surface area is 128 Å². The lowest BCUT2D eigenvalue weighted by atomic mass is 9.94. The van der Waals surface area contributed by atoms with E-state index in [-0.39, 0.29) is 0 Å². The molecule has 0 saturated carbocycles. The molecule has 1 unspecified atom stereocenters. The molecule has 0 bridgehead atoms. The standard InChI is InChI=1S/C17H29NO3/c1-5-20-15-8-6-7-9-16(15)21-11-10-18-13-17(4,19)12-14(2)3/h6-9,14,18-19H,5,10-13H2,1-4H3. The molecule has 1 atom stereocenters. The van der Waals surface area contributed by atoms with Gasteiger partial charge in [0.25, 0.3) is 0 Å². The van der Waals surface area contributed by atoms with Gasteiger partial charge in [-0.25, -0.2) is 0 Å². The zero-order chi connectivity index (χ0) is 15.7. The molecule has 0 aliphatic carbocycles. The number of hydrogen-bond donors (Lipinski definition) is 2. The zero-order valence-corrected chi connectivity index (χ0v) is 13.7. The fourth-order valence-corrected chi connectivity index (χ4v) is 2.39. The van der Waals surface area contributed by atoms with E-state index in [1.807, 2.05) is 38.1 Å². The van der Waals surface area contributed by atoms with Gasteiger partial charge in [-0.15, -0.1) is 0 Å². The first-order valence-electron chi connectivity index (χ1n) is 7.72. The molecule has 2 N–H and O–H groups in total. The Morgan fingerprint density at radius 1 is 1.19 bits per heavy atom. The molecule has 0 spiro atoms. The first-order chi connectivity index (χ1) is 9.94. The number of para-hydroxylation sites is 2. The average Bonchev–Trinajstić information content (AvgIpc) is 2.39. The highest BCUT2D eigenvalue weighted by Crippen LogP contribution is 2.26. The summed E-state index contributed by atoms with van der Waals surface area (Å²) in [5, 5.41) is 13.4. The molecule has 4 nitrogen and oxygen atoms in total. The van der Waals surface area contributed by atoms with Crippen LogP contribution in [-0.4, -0.2) is 37.0 Å². The van der Waals surface area contributed by atoms with Crippen LogP contribution in [0.2, 0.25) is 0 Å². The summed E-state index contributed by atoms with van der Waals surface area (Å²) >= 11 is 0. The fraction of sp³-hybridized carbons (Fsp3) is 0.647. The number of nitrogens with one attached hydrogen (secondary N) is 1. The number of aliphatic hydroxyl groups is 1. The van der Waals surface area contributed by atoms with Gasteiger partial charge < -0.3 is 19.9 Å². The van der Waals surface area contributed by atoms with E-state index < -0.39 is 5.60 Å². The summed E-state index contributed by atoms with van der Waals surface area (Å²) in [6.45, 7) is 10.5. The van der Waals surface area contributed by atoms with E-state index >= 15 is 0 Å². The maximum absolute atomic E-state index is 10.2. The lowest BCUT2D eigenvalue weighted by Gasteiger charge is -2.25. The summed E-state index contributed by atoms with van der Waals surface area (Å²) in [4.78, 5) is 0. The topological polar surface area (TPSA) is 50.7 Å². The van der Waals surface area contributed by atoms with E-state index in [1.165, 1.54) is 0 Å². The van der Waals surface area contributed by atoms with Gasteiger partial charge in [-0.1, -0.05) is 26.0 Å². The molecular formula is C17H29NO3. The van der Waals surface area contributed by atoms with Gasteiger partial charge in [-0.2, -0.15) is 0 Å². The van der Waals surface area contributed by atoms with Gasteiger partial charge in [-0.05, 0) is 38.3 Å². The summed E-state index contributed by atoms with van der Waals surface area (Å²) in [6.07, 6.45) is 0.786. The molecular weight excluding hydrogens is 266 g/mol. The van der Waals surface area contributed by atoms with Gasteiger partial charge in [0.2, 0.25) is 0 Å². The molecule has 0 fully saturated rings. The summed E-state index contributed by atoms with van der Waals surface area (Å²) in [6, 6.07) is 7.66. The Bertz CT molecular complexity index is 405. The normalized spacial score (nSPS) is 14.0. The molecule has 0 aliphatic rings. The van der Waals surface area contributed by atoms with E-state index in [0.29, 0.717) is 32.2 Å². The van der Waals surface area contributed by atoms with Crippen molar-refractivity contribution in [2.24, 2.45) is 5.92 Å². The van der Waals surface area contributed by atoms with Gasteiger partial charge >= 0.3 is 0 Å². The molecule has 0 amide bonds. The first-order valence-corrected chi connectivity index (χ1v) is 7.72. The molecule has 0 aliphatic heterocycles. The quantitative estimate of drug-likeness (QED) is 0.652. The van der Waals surface area contributed by atoms with Crippen molar-refractivity contribution in [3.8, 4) is 11.5 Å². The van der Waals surface area contributed by atoms with Crippen molar-refractivity contribution in [2.75, 3.05) is 26.3 Å². The minimum atomic E-state index is -0.669.